The zero-order valence-corrected chi connectivity index (χ0v) is 9.75. The average Bonchev–Trinajstić information content (AvgIpc) is 2.29. The van der Waals surface area contributed by atoms with Crippen molar-refractivity contribution in [2.45, 2.75) is 44.6 Å². The summed E-state index contributed by atoms with van der Waals surface area (Å²) in [7, 11) is 0. The van der Waals surface area contributed by atoms with E-state index in [1.54, 1.807) is 0 Å². The van der Waals surface area contributed by atoms with Gasteiger partial charge in [0, 0.05) is 19.1 Å². The molecule has 86 valence electrons. The monoisotopic (exact) mass is 208 g/mol. The molecule has 0 spiro atoms. The minimum Gasteiger partial charge on any atom is -0.327 e. The number of hydrogen-bond donors (Lipinski definition) is 1. The molecule has 1 aliphatic heterocycles. The molecule has 2 atom stereocenters. The first kappa shape index (κ1) is 11.2. The molecule has 0 aromatic heterocycles. The molecule has 1 aliphatic carbocycles. The largest absolute Gasteiger partial charge is 0.327 e. The predicted molar refractivity (Wildman–Crippen MR) is 64.7 cm³/mol. The van der Waals surface area contributed by atoms with Gasteiger partial charge < -0.3 is 5.73 Å². The summed E-state index contributed by atoms with van der Waals surface area (Å²) in [6.07, 6.45) is 8.56. The van der Waals surface area contributed by atoms with Crippen LogP contribution in [0.5, 0.6) is 0 Å². The van der Waals surface area contributed by atoms with Crippen LogP contribution in [0, 0.1) is 5.92 Å². The van der Waals surface area contributed by atoms with Gasteiger partial charge in [-0.2, -0.15) is 0 Å². The Morgan fingerprint density at radius 2 is 1.93 bits per heavy atom. The highest BCUT2D eigenvalue weighted by Crippen LogP contribution is 2.35. The predicted octanol–water partition coefficient (Wildman–Crippen LogP) is 2.16. The number of likely N-dealkylation sites (tertiary alicyclic amines) is 1. The number of hydrogen-bond acceptors (Lipinski definition) is 2. The molecule has 1 heterocycles. The van der Waals surface area contributed by atoms with E-state index < -0.39 is 0 Å². The van der Waals surface area contributed by atoms with Crippen LogP contribution in [0.4, 0.5) is 0 Å². The molecule has 0 bridgehead atoms. The van der Waals surface area contributed by atoms with E-state index in [0.29, 0.717) is 6.54 Å². The van der Waals surface area contributed by atoms with Gasteiger partial charge in [0.15, 0.2) is 0 Å². The van der Waals surface area contributed by atoms with E-state index in [1.165, 1.54) is 50.6 Å². The fourth-order valence-electron chi connectivity index (χ4n) is 3.28. The van der Waals surface area contributed by atoms with Crippen LogP contribution in [0.15, 0.2) is 12.2 Å². The third kappa shape index (κ3) is 2.61. The highest BCUT2D eigenvalue weighted by atomic mass is 15.2. The second-order valence-electron chi connectivity index (χ2n) is 5.18. The minimum absolute atomic E-state index is 0.647. The molecule has 0 radical (unpaired) electrons. The Morgan fingerprint density at radius 3 is 2.73 bits per heavy atom. The average molecular weight is 208 g/mol. The molecule has 0 aromatic carbocycles. The van der Waals surface area contributed by atoms with E-state index in [0.717, 1.165) is 18.5 Å². The first-order chi connectivity index (χ1) is 7.31. The number of nitrogens with zero attached hydrogens (tertiary/aromatic N) is 1. The lowest BCUT2D eigenvalue weighted by atomic mass is 9.78. The quantitative estimate of drug-likeness (QED) is 0.720. The Hall–Kier alpha value is -0.340. The molecule has 2 heteroatoms. The molecule has 15 heavy (non-hydrogen) atoms. The van der Waals surface area contributed by atoms with E-state index >= 15 is 0 Å². The van der Waals surface area contributed by atoms with E-state index in [1.807, 2.05) is 0 Å². The Bertz CT molecular complexity index is 223. The second kappa shape index (κ2) is 5.13. The van der Waals surface area contributed by atoms with Gasteiger partial charge >= 0.3 is 0 Å². The van der Waals surface area contributed by atoms with Crippen LogP contribution >= 0.6 is 0 Å². The first-order valence-electron chi connectivity index (χ1n) is 6.42. The normalized spacial score (nSPS) is 32.3. The summed E-state index contributed by atoms with van der Waals surface area (Å²) in [5.41, 5.74) is 6.83. The number of fused-ring (bicyclic) bond motifs is 1. The van der Waals surface area contributed by atoms with Crippen LogP contribution in [0.1, 0.15) is 38.5 Å². The zero-order valence-electron chi connectivity index (χ0n) is 9.75. The van der Waals surface area contributed by atoms with Crippen LogP contribution in [-0.4, -0.2) is 30.6 Å². The lowest BCUT2D eigenvalue weighted by Crippen LogP contribution is -2.47. The Morgan fingerprint density at radius 1 is 1.20 bits per heavy atom. The SMILES string of the molecule is C=C(CN)CN1CCCC2CCCCC21. The van der Waals surface area contributed by atoms with Crippen LogP contribution in [0.3, 0.4) is 0 Å². The van der Waals surface area contributed by atoms with Crippen molar-refractivity contribution in [1.29, 1.82) is 0 Å². The smallest absolute Gasteiger partial charge is 0.0205 e. The molecule has 2 rings (SSSR count). The Kier molecular flexibility index (Phi) is 3.81. The van der Waals surface area contributed by atoms with Crippen molar-refractivity contribution in [3.05, 3.63) is 12.2 Å². The van der Waals surface area contributed by atoms with Crippen molar-refractivity contribution < 1.29 is 0 Å². The summed E-state index contributed by atoms with van der Waals surface area (Å²) < 4.78 is 0. The molecule has 2 N–H and O–H groups in total. The Labute approximate surface area is 93.5 Å². The van der Waals surface area contributed by atoms with E-state index in [9.17, 15) is 0 Å². The third-order valence-electron chi connectivity index (χ3n) is 4.07. The zero-order chi connectivity index (χ0) is 10.7. The van der Waals surface area contributed by atoms with E-state index in [-0.39, 0.29) is 0 Å². The standard InChI is InChI=1S/C13H24N2/c1-11(9-14)10-15-8-4-6-12-5-2-3-7-13(12)15/h12-13H,1-10,14H2. The minimum atomic E-state index is 0.647. The van der Waals surface area contributed by atoms with Crippen LogP contribution < -0.4 is 5.73 Å². The number of piperidine rings is 1. The van der Waals surface area contributed by atoms with Gasteiger partial charge in [-0.05, 0) is 43.7 Å². The molecular weight excluding hydrogens is 184 g/mol. The van der Waals surface area contributed by atoms with E-state index in [4.69, 9.17) is 5.73 Å². The van der Waals surface area contributed by atoms with Crippen molar-refractivity contribution in [3.8, 4) is 0 Å². The van der Waals surface area contributed by atoms with Crippen molar-refractivity contribution in [2.75, 3.05) is 19.6 Å². The van der Waals surface area contributed by atoms with Gasteiger partial charge in [0.25, 0.3) is 0 Å². The molecule has 1 saturated heterocycles. The van der Waals surface area contributed by atoms with Crippen LogP contribution in [-0.2, 0) is 0 Å². The lowest BCUT2D eigenvalue weighted by molar-refractivity contribution is 0.0689. The summed E-state index contributed by atoms with van der Waals surface area (Å²) in [5, 5.41) is 0. The molecule has 1 saturated carbocycles. The van der Waals surface area contributed by atoms with Crippen molar-refractivity contribution in [3.63, 3.8) is 0 Å². The molecular formula is C13H24N2. The molecule has 2 aliphatic rings. The lowest BCUT2D eigenvalue weighted by Gasteiger charge is -2.44. The van der Waals surface area contributed by atoms with Gasteiger partial charge in [0.05, 0.1) is 0 Å². The van der Waals surface area contributed by atoms with Gasteiger partial charge in [-0.1, -0.05) is 19.4 Å². The highest BCUT2D eigenvalue weighted by Gasteiger charge is 2.32. The van der Waals surface area contributed by atoms with E-state index in [2.05, 4.69) is 11.5 Å². The molecule has 0 amide bonds. The van der Waals surface area contributed by atoms with Gasteiger partial charge in [-0.3, -0.25) is 4.90 Å². The highest BCUT2D eigenvalue weighted by molar-refractivity contribution is 5.01. The van der Waals surface area contributed by atoms with Crippen LogP contribution in [0.25, 0.3) is 0 Å². The maximum atomic E-state index is 5.63. The number of rotatable bonds is 3. The third-order valence-corrected chi connectivity index (χ3v) is 4.07. The van der Waals surface area contributed by atoms with Crippen molar-refractivity contribution in [1.82, 2.24) is 4.90 Å². The summed E-state index contributed by atoms with van der Waals surface area (Å²) in [5.74, 6) is 0.970. The van der Waals surface area contributed by atoms with Crippen molar-refractivity contribution >= 4 is 0 Å². The summed E-state index contributed by atoms with van der Waals surface area (Å²) >= 11 is 0. The van der Waals surface area contributed by atoms with Crippen LogP contribution in [0.2, 0.25) is 0 Å². The second-order valence-corrected chi connectivity index (χ2v) is 5.18. The van der Waals surface area contributed by atoms with Gasteiger partial charge in [0.1, 0.15) is 0 Å². The summed E-state index contributed by atoms with van der Waals surface area (Å²) in [4.78, 5) is 2.64. The molecule has 0 aromatic rings. The summed E-state index contributed by atoms with van der Waals surface area (Å²) in [6, 6.07) is 0.843. The fourth-order valence-corrected chi connectivity index (χ4v) is 3.28. The van der Waals surface area contributed by atoms with Gasteiger partial charge in [-0.15, -0.1) is 0 Å². The molecule has 2 nitrogen and oxygen atoms in total. The Balaban J connectivity index is 1.94. The topological polar surface area (TPSA) is 29.3 Å². The molecule has 2 fully saturated rings. The fraction of sp³-hybridized carbons (Fsp3) is 0.846. The van der Waals surface area contributed by atoms with Gasteiger partial charge in [0.2, 0.25) is 0 Å². The first-order valence-corrected chi connectivity index (χ1v) is 6.42. The van der Waals surface area contributed by atoms with Gasteiger partial charge in [-0.25, -0.2) is 0 Å². The maximum Gasteiger partial charge on any atom is 0.0205 e. The number of nitrogens with two attached hydrogens (primary N) is 1. The maximum absolute atomic E-state index is 5.63. The van der Waals surface area contributed by atoms with Crippen molar-refractivity contribution in [2.24, 2.45) is 11.7 Å². The molecule has 2 unspecified atom stereocenters. The summed E-state index contributed by atoms with van der Waals surface area (Å²) in [6.45, 7) is 6.99.